The molecule has 0 bridgehead atoms. The molecule has 1 atom stereocenters. The van der Waals surface area contributed by atoms with Crippen LogP contribution in [0.2, 0.25) is 0 Å². The smallest absolute Gasteiger partial charge is 0.135 e. The molecule has 4 nitrogen and oxygen atoms in total. The molecule has 1 unspecified atom stereocenters. The lowest BCUT2D eigenvalue weighted by molar-refractivity contribution is 0.286. The van der Waals surface area contributed by atoms with Crippen LogP contribution < -0.4 is 11.1 Å². The van der Waals surface area contributed by atoms with Crippen LogP contribution in [-0.4, -0.2) is 16.0 Å². The molecule has 1 aliphatic carbocycles. The zero-order chi connectivity index (χ0) is 13.8. The molecule has 1 aromatic heterocycles. The van der Waals surface area contributed by atoms with Gasteiger partial charge >= 0.3 is 0 Å². The maximum Gasteiger partial charge on any atom is 0.135 e. The van der Waals surface area contributed by atoms with E-state index in [1.165, 1.54) is 32.1 Å². The summed E-state index contributed by atoms with van der Waals surface area (Å²) in [7, 11) is 0. The molecular weight excluding hydrogens is 236 g/mol. The van der Waals surface area contributed by atoms with Crippen LogP contribution in [0.15, 0.2) is 6.33 Å². The number of aromatic nitrogens is 2. The van der Waals surface area contributed by atoms with Gasteiger partial charge in [-0.25, -0.2) is 9.97 Å². The first-order chi connectivity index (χ1) is 9.08. The van der Waals surface area contributed by atoms with Crippen LogP contribution >= 0.6 is 0 Å². The second-order valence-electron chi connectivity index (χ2n) is 6.10. The van der Waals surface area contributed by atoms with E-state index in [0.717, 1.165) is 17.3 Å². The molecule has 0 radical (unpaired) electrons. The minimum Gasteiger partial charge on any atom is -0.383 e. The minimum absolute atomic E-state index is 0.336. The Kier molecular flexibility index (Phi) is 4.61. The molecule has 0 saturated heterocycles. The largest absolute Gasteiger partial charge is 0.383 e. The number of nitrogens with zero attached hydrogens (tertiary/aromatic N) is 2. The standard InChI is InChI=1S/C15H26N4/c1-10(2)13-14(16)17-9-18-15(13)19-11(3)7-8-12-5-4-6-12/h9-12H,4-8H2,1-3H3,(H3,16,17,18,19). The Morgan fingerprint density at radius 2 is 2.05 bits per heavy atom. The summed E-state index contributed by atoms with van der Waals surface area (Å²) in [4.78, 5) is 8.45. The lowest BCUT2D eigenvalue weighted by Crippen LogP contribution is -2.21. The van der Waals surface area contributed by atoms with Crippen LogP contribution in [0.25, 0.3) is 0 Å². The summed E-state index contributed by atoms with van der Waals surface area (Å²) in [6.07, 6.45) is 8.33. The van der Waals surface area contributed by atoms with E-state index in [-0.39, 0.29) is 0 Å². The Morgan fingerprint density at radius 3 is 2.63 bits per heavy atom. The zero-order valence-corrected chi connectivity index (χ0v) is 12.3. The van der Waals surface area contributed by atoms with Crippen LogP contribution in [0.1, 0.15) is 64.4 Å². The van der Waals surface area contributed by atoms with Gasteiger partial charge in [0.15, 0.2) is 0 Å². The molecule has 1 heterocycles. The third-order valence-corrected chi connectivity index (χ3v) is 4.11. The number of hydrogen-bond donors (Lipinski definition) is 2. The maximum absolute atomic E-state index is 5.96. The summed E-state index contributed by atoms with van der Waals surface area (Å²) >= 11 is 0. The maximum atomic E-state index is 5.96. The van der Waals surface area contributed by atoms with Crippen LogP contribution in [-0.2, 0) is 0 Å². The molecule has 3 N–H and O–H groups in total. The lowest BCUT2D eigenvalue weighted by Gasteiger charge is -2.27. The van der Waals surface area contributed by atoms with E-state index in [2.05, 4.69) is 36.1 Å². The summed E-state index contributed by atoms with van der Waals surface area (Å²) < 4.78 is 0. The van der Waals surface area contributed by atoms with E-state index >= 15 is 0 Å². The predicted molar refractivity (Wildman–Crippen MR) is 80.2 cm³/mol. The van der Waals surface area contributed by atoms with Crippen molar-refractivity contribution in [2.75, 3.05) is 11.1 Å². The Hall–Kier alpha value is -1.32. The molecule has 1 fully saturated rings. The third kappa shape index (κ3) is 3.58. The van der Waals surface area contributed by atoms with E-state index in [4.69, 9.17) is 5.73 Å². The highest BCUT2D eigenvalue weighted by atomic mass is 15.1. The molecule has 1 aromatic rings. The average Bonchev–Trinajstić information content (AvgIpc) is 2.26. The molecule has 0 spiro atoms. The SMILES string of the molecule is CC(CCC1CCC1)Nc1ncnc(N)c1C(C)C. The van der Waals surface area contributed by atoms with Crippen molar-refractivity contribution in [2.24, 2.45) is 5.92 Å². The first kappa shape index (κ1) is 14.1. The second kappa shape index (κ2) is 6.22. The summed E-state index contributed by atoms with van der Waals surface area (Å²) in [6, 6.07) is 0.437. The monoisotopic (exact) mass is 262 g/mol. The van der Waals surface area contributed by atoms with E-state index in [9.17, 15) is 0 Å². The van der Waals surface area contributed by atoms with Gasteiger partial charge in [-0.05, 0) is 31.6 Å². The van der Waals surface area contributed by atoms with Crippen molar-refractivity contribution in [3.05, 3.63) is 11.9 Å². The van der Waals surface area contributed by atoms with Crippen molar-refractivity contribution >= 4 is 11.6 Å². The summed E-state index contributed by atoms with van der Waals surface area (Å²) in [6.45, 7) is 6.47. The van der Waals surface area contributed by atoms with E-state index in [1.807, 2.05) is 0 Å². The Balaban J connectivity index is 1.95. The van der Waals surface area contributed by atoms with Gasteiger partial charge in [0.2, 0.25) is 0 Å². The molecule has 4 heteroatoms. The number of rotatable bonds is 6. The summed E-state index contributed by atoms with van der Waals surface area (Å²) in [5, 5.41) is 3.51. The summed E-state index contributed by atoms with van der Waals surface area (Å²) in [5.41, 5.74) is 7.00. The van der Waals surface area contributed by atoms with Crippen molar-refractivity contribution in [2.45, 2.75) is 64.8 Å². The molecule has 2 rings (SSSR count). The van der Waals surface area contributed by atoms with E-state index in [1.54, 1.807) is 6.33 Å². The zero-order valence-electron chi connectivity index (χ0n) is 12.3. The fourth-order valence-corrected chi connectivity index (χ4v) is 2.67. The number of nitrogen functional groups attached to an aromatic ring is 1. The van der Waals surface area contributed by atoms with Crippen molar-refractivity contribution in [1.82, 2.24) is 9.97 Å². The Labute approximate surface area is 116 Å². The van der Waals surface area contributed by atoms with Gasteiger partial charge in [0.05, 0.1) is 0 Å². The fourth-order valence-electron chi connectivity index (χ4n) is 2.67. The van der Waals surface area contributed by atoms with Crippen molar-refractivity contribution in [1.29, 1.82) is 0 Å². The minimum atomic E-state index is 0.336. The topological polar surface area (TPSA) is 63.8 Å². The second-order valence-corrected chi connectivity index (χ2v) is 6.10. The number of nitrogens with one attached hydrogen (secondary N) is 1. The quantitative estimate of drug-likeness (QED) is 0.822. The molecule has 1 saturated carbocycles. The highest BCUT2D eigenvalue weighted by Gasteiger charge is 2.19. The average molecular weight is 262 g/mol. The normalized spacial score (nSPS) is 17.3. The van der Waals surface area contributed by atoms with Gasteiger partial charge in [-0.2, -0.15) is 0 Å². The first-order valence-electron chi connectivity index (χ1n) is 7.44. The predicted octanol–water partition coefficient (Wildman–Crippen LogP) is 3.56. The van der Waals surface area contributed by atoms with Crippen LogP contribution in [0.4, 0.5) is 11.6 Å². The van der Waals surface area contributed by atoms with Gasteiger partial charge in [0.1, 0.15) is 18.0 Å². The molecular formula is C15H26N4. The number of nitrogens with two attached hydrogens (primary N) is 1. The first-order valence-corrected chi connectivity index (χ1v) is 7.44. The third-order valence-electron chi connectivity index (χ3n) is 4.11. The highest BCUT2D eigenvalue weighted by Crippen LogP contribution is 2.32. The van der Waals surface area contributed by atoms with Gasteiger partial charge in [-0.1, -0.05) is 33.1 Å². The van der Waals surface area contributed by atoms with Gasteiger partial charge in [-0.3, -0.25) is 0 Å². The van der Waals surface area contributed by atoms with Crippen LogP contribution in [0.3, 0.4) is 0 Å². The Bertz CT molecular complexity index is 413. The van der Waals surface area contributed by atoms with Crippen LogP contribution in [0.5, 0.6) is 0 Å². The van der Waals surface area contributed by atoms with Crippen LogP contribution in [0, 0.1) is 5.92 Å². The van der Waals surface area contributed by atoms with Crippen molar-refractivity contribution < 1.29 is 0 Å². The van der Waals surface area contributed by atoms with Crippen molar-refractivity contribution in [3.63, 3.8) is 0 Å². The molecule has 106 valence electrons. The van der Waals surface area contributed by atoms with Gasteiger partial charge in [0, 0.05) is 11.6 Å². The number of hydrogen-bond acceptors (Lipinski definition) is 4. The fraction of sp³-hybridized carbons (Fsp3) is 0.733. The highest BCUT2D eigenvalue weighted by molar-refractivity contribution is 5.56. The van der Waals surface area contributed by atoms with E-state index < -0.39 is 0 Å². The lowest BCUT2D eigenvalue weighted by atomic mass is 9.81. The molecule has 0 aromatic carbocycles. The Morgan fingerprint density at radius 1 is 1.32 bits per heavy atom. The van der Waals surface area contributed by atoms with Gasteiger partial charge < -0.3 is 11.1 Å². The van der Waals surface area contributed by atoms with Gasteiger partial charge in [0.25, 0.3) is 0 Å². The van der Waals surface area contributed by atoms with Crippen molar-refractivity contribution in [3.8, 4) is 0 Å². The molecule has 1 aliphatic rings. The summed E-state index contributed by atoms with van der Waals surface area (Å²) in [5.74, 6) is 2.80. The molecule has 0 aliphatic heterocycles. The van der Waals surface area contributed by atoms with Gasteiger partial charge in [-0.15, -0.1) is 0 Å². The number of anilines is 2. The molecule has 0 amide bonds. The van der Waals surface area contributed by atoms with E-state index in [0.29, 0.717) is 17.8 Å². The molecule has 19 heavy (non-hydrogen) atoms.